The van der Waals surface area contributed by atoms with Crippen LogP contribution in [-0.2, 0) is 11.2 Å². The van der Waals surface area contributed by atoms with Crippen molar-refractivity contribution in [2.24, 2.45) is 0 Å². The van der Waals surface area contributed by atoms with E-state index in [2.05, 4.69) is 37.8 Å². The molecule has 9 nitrogen and oxygen atoms in total. The Kier molecular flexibility index (Phi) is 5.21. The quantitative estimate of drug-likeness (QED) is 0.410. The number of aryl methyl sites for hydroxylation is 1. The predicted molar refractivity (Wildman–Crippen MR) is 130 cm³/mol. The zero-order valence-corrected chi connectivity index (χ0v) is 19.1. The number of hydrogen-bond donors (Lipinski definition) is 1. The first-order chi connectivity index (χ1) is 17.2. The van der Waals surface area contributed by atoms with Crippen molar-refractivity contribution in [2.45, 2.75) is 25.7 Å². The van der Waals surface area contributed by atoms with Crippen LogP contribution in [0.5, 0.6) is 5.75 Å². The second-order valence-electron chi connectivity index (χ2n) is 8.53. The number of amides is 1. The standard InChI is InChI=1S/C26H23N7O2/c1-17-29-30-23-11-12-24(31-32(17)23)33-26-22(16-27-33)21(15-25(34)28-26)19-7-9-20(10-8-19)35-14-13-18-5-3-2-4-6-18/h2-12,16,21H,13-15H2,1H3,(H,28,34)/t21-/m0/s1. The van der Waals surface area contributed by atoms with Gasteiger partial charge >= 0.3 is 0 Å². The molecule has 0 spiro atoms. The molecule has 1 aliphatic rings. The Hall–Kier alpha value is -4.53. The lowest BCUT2D eigenvalue weighted by Crippen LogP contribution is -2.24. The summed E-state index contributed by atoms with van der Waals surface area (Å²) in [5.74, 6) is 2.52. The minimum absolute atomic E-state index is 0.0611. The third kappa shape index (κ3) is 4.01. The van der Waals surface area contributed by atoms with Crippen LogP contribution in [0.1, 0.15) is 34.9 Å². The Morgan fingerprint density at radius 3 is 2.69 bits per heavy atom. The van der Waals surface area contributed by atoms with Crippen molar-refractivity contribution >= 4 is 17.4 Å². The maximum Gasteiger partial charge on any atom is 0.226 e. The average molecular weight is 466 g/mol. The van der Waals surface area contributed by atoms with Crippen molar-refractivity contribution in [3.8, 4) is 11.6 Å². The monoisotopic (exact) mass is 465 g/mol. The number of carbonyl (C=O) groups is 1. The lowest BCUT2D eigenvalue weighted by Gasteiger charge is -2.23. The van der Waals surface area contributed by atoms with Crippen LogP contribution < -0.4 is 10.1 Å². The van der Waals surface area contributed by atoms with Gasteiger partial charge in [-0.2, -0.15) is 14.3 Å². The highest BCUT2D eigenvalue weighted by Gasteiger charge is 2.30. The molecule has 0 bridgehead atoms. The van der Waals surface area contributed by atoms with Gasteiger partial charge in [0.1, 0.15) is 11.6 Å². The number of aromatic nitrogens is 6. The Balaban J connectivity index is 1.23. The zero-order chi connectivity index (χ0) is 23.8. The van der Waals surface area contributed by atoms with Crippen LogP contribution >= 0.6 is 0 Å². The highest BCUT2D eigenvalue weighted by molar-refractivity contribution is 5.94. The van der Waals surface area contributed by atoms with Gasteiger partial charge in [-0.05, 0) is 42.3 Å². The number of ether oxygens (including phenoxy) is 1. The number of rotatable bonds is 6. The van der Waals surface area contributed by atoms with Gasteiger partial charge in [0.15, 0.2) is 17.3 Å². The summed E-state index contributed by atoms with van der Waals surface area (Å²) in [4.78, 5) is 12.6. The van der Waals surface area contributed by atoms with E-state index in [1.54, 1.807) is 15.4 Å². The molecule has 0 unspecified atom stereocenters. The van der Waals surface area contributed by atoms with Gasteiger partial charge in [-0.1, -0.05) is 42.5 Å². The second kappa shape index (κ2) is 8.68. The molecule has 35 heavy (non-hydrogen) atoms. The normalized spacial score (nSPS) is 15.1. The van der Waals surface area contributed by atoms with Crippen LogP contribution in [0.4, 0.5) is 5.82 Å². The first-order valence-corrected chi connectivity index (χ1v) is 11.5. The number of hydrogen-bond acceptors (Lipinski definition) is 6. The molecule has 1 aliphatic heterocycles. The molecule has 174 valence electrons. The fourth-order valence-electron chi connectivity index (χ4n) is 4.42. The van der Waals surface area contributed by atoms with Crippen LogP contribution in [0.25, 0.3) is 11.5 Å². The number of carbonyl (C=O) groups excluding carboxylic acids is 1. The van der Waals surface area contributed by atoms with Gasteiger partial charge in [-0.15, -0.1) is 15.3 Å². The van der Waals surface area contributed by atoms with E-state index < -0.39 is 0 Å². The van der Waals surface area contributed by atoms with E-state index in [0.717, 1.165) is 23.3 Å². The summed E-state index contributed by atoms with van der Waals surface area (Å²) in [5, 5.41) is 20.2. The minimum atomic E-state index is -0.105. The molecule has 9 heteroatoms. The largest absolute Gasteiger partial charge is 0.493 e. The molecule has 0 fully saturated rings. The van der Waals surface area contributed by atoms with Crippen LogP contribution in [0.15, 0.2) is 72.9 Å². The summed E-state index contributed by atoms with van der Waals surface area (Å²) in [6.07, 6.45) is 3.00. The molecule has 1 atom stereocenters. The Morgan fingerprint density at radius 1 is 1.03 bits per heavy atom. The summed E-state index contributed by atoms with van der Waals surface area (Å²) >= 11 is 0. The van der Waals surface area contributed by atoms with Crippen LogP contribution in [0, 0.1) is 6.92 Å². The van der Waals surface area contributed by atoms with Crippen molar-refractivity contribution < 1.29 is 9.53 Å². The lowest BCUT2D eigenvalue weighted by atomic mass is 9.87. The van der Waals surface area contributed by atoms with Crippen molar-refractivity contribution in [2.75, 3.05) is 11.9 Å². The van der Waals surface area contributed by atoms with Crippen molar-refractivity contribution in [1.82, 2.24) is 29.6 Å². The Bertz CT molecular complexity index is 1510. The highest BCUT2D eigenvalue weighted by Crippen LogP contribution is 2.38. The summed E-state index contributed by atoms with van der Waals surface area (Å²) in [7, 11) is 0. The molecule has 5 aromatic rings. The van der Waals surface area contributed by atoms with Gasteiger partial charge in [0.05, 0.1) is 12.8 Å². The summed E-state index contributed by atoms with van der Waals surface area (Å²) in [5.41, 5.74) is 3.88. The van der Waals surface area contributed by atoms with Crippen molar-refractivity contribution in [1.29, 1.82) is 0 Å². The van der Waals surface area contributed by atoms with E-state index in [9.17, 15) is 4.79 Å². The third-order valence-electron chi connectivity index (χ3n) is 6.23. The maximum atomic E-state index is 12.6. The Labute approximate surface area is 201 Å². The second-order valence-corrected chi connectivity index (χ2v) is 8.53. The maximum absolute atomic E-state index is 12.6. The van der Waals surface area contributed by atoms with Gasteiger partial charge in [0.25, 0.3) is 0 Å². The van der Waals surface area contributed by atoms with Crippen LogP contribution in [-0.4, -0.2) is 42.1 Å². The smallest absolute Gasteiger partial charge is 0.226 e. The summed E-state index contributed by atoms with van der Waals surface area (Å²) in [6.45, 7) is 2.44. The van der Waals surface area contributed by atoms with Gasteiger partial charge in [-0.25, -0.2) is 0 Å². The molecule has 4 heterocycles. The number of nitrogens with zero attached hydrogens (tertiary/aromatic N) is 6. The molecule has 6 rings (SSSR count). The van der Waals surface area contributed by atoms with Crippen molar-refractivity contribution in [3.63, 3.8) is 0 Å². The van der Waals surface area contributed by atoms with E-state index >= 15 is 0 Å². The first kappa shape index (κ1) is 21.0. The van der Waals surface area contributed by atoms with E-state index in [0.29, 0.717) is 36.1 Å². The fraction of sp³-hybridized carbons (Fsp3) is 0.192. The molecule has 3 aromatic heterocycles. The van der Waals surface area contributed by atoms with E-state index in [-0.39, 0.29) is 11.8 Å². The third-order valence-corrected chi connectivity index (χ3v) is 6.23. The topological polar surface area (TPSA) is 99.2 Å². The predicted octanol–water partition coefficient (Wildman–Crippen LogP) is 3.71. The number of nitrogens with one attached hydrogen (secondary N) is 1. The first-order valence-electron chi connectivity index (χ1n) is 11.5. The van der Waals surface area contributed by atoms with E-state index in [1.165, 1.54) is 5.56 Å². The molecule has 0 aliphatic carbocycles. The molecular weight excluding hydrogens is 442 g/mol. The van der Waals surface area contributed by atoms with Crippen LogP contribution in [0.3, 0.4) is 0 Å². The Morgan fingerprint density at radius 2 is 1.86 bits per heavy atom. The molecule has 2 aromatic carbocycles. The summed E-state index contributed by atoms with van der Waals surface area (Å²) < 4.78 is 9.23. The lowest BCUT2D eigenvalue weighted by molar-refractivity contribution is -0.116. The molecular formula is C26H23N7O2. The average Bonchev–Trinajstić information content (AvgIpc) is 3.48. The zero-order valence-electron chi connectivity index (χ0n) is 19.1. The van der Waals surface area contributed by atoms with Gasteiger partial charge in [-0.3, -0.25) is 4.79 Å². The SMILES string of the molecule is Cc1nnc2ccc(-n3ncc4c3NC(=O)C[C@H]4c3ccc(OCCc4ccccc4)cc3)nn12. The molecule has 0 saturated carbocycles. The molecule has 0 saturated heterocycles. The van der Waals surface area contributed by atoms with E-state index in [4.69, 9.17) is 4.74 Å². The number of fused-ring (bicyclic) bond motifs is 2. The van der Waals surface area contributed by atoms with Crippen molar-refractivity contribution in [3.05, 3.63) is 95.4 Å². The highest BCUT2D eigenvalue weighted by atomic mass is 16.5. The summed E-state index contributed by atoms with van der Waals surface area (Å²) in [6, 6.07) is 21.9. The van der Waals surface area contributed by atoms with E-state index in [1.807, 2.05) is 61.5 Å². The van der Waals surface area contributed by atoms with Crippen LogP contribution in [0.2, 0.25) is 0 Å². The van der Waals surface area contributed by atoms with Gasteiger partial charge in [0.2, 0.25) is 5.91 Å². The fourth-order valence-corrected chi connectivity index (χ4v) is 4.42. The molecule has 1 amide bonds. The minimum Gasteiger partial charge on any atom is -0.493 e. The number of anilines is 1. The van der Waals surface area contributed by atoms with Gasteiger partial charge in [0, 0.05) is 24.3 Å². The molecule has 0 radical (unpaired) electrons. The number of benzene rings is 2. The van der Waals surface area contributed by atoms with Gasteiger partial charge < -0.3 is 10.1 Å². The molecule has 1 N–H and O–H groups in total.